The van der Waals surface area contributed by atoms with E-state index in [0.29, 0.717) is 11.8 Å². The minimum Gasteiger partial charge on any atom is -0.465 e. The average Bonchev–Trinajstić information content (AvgIpc) is 3.13. The smallest absolute Gasteiger partial charge is 0.295 e. The first-order chi connectivity index (χ1) is 23.0. The lowest BCUT2D eigenvalue weighted by molar-refractivity contribution is 0.440. The Morgan fingerprint density at radius 2 is 1.13 bits per heavy atom. The third kappa shape index (κ3) is 5.44. The van der Waals surface area contributed by atoms with Gasteiger partial charge in [-0.3, -0.25) is 9.80 Å². The Hall–Kier alpha value is -4.70. The van der Waals surface area contributed by atoms with Gasteiger partial charge in [-0.15, -0.1) is 0 Å². The largest absolute Gasteiger partial charge is 0.465 e. The standard InChI is InChI=1S/C43H45BN2O/c1-6-19-32-28-35(30(4)7-2)41(36(29-32)31(5)8-3)44-37-24-15-16-25-38(37)45(33-20-11-9-12-21-33)43-42(44)47-40-27-18-17-26-39(40)46(43)34-22-13-10-14-23-34/h9-18,20-31H,6-8,19H2,1-5H3. The maximum Gasteiger partial charge on any atom is 0.295 e. The molecule has 0 aromatic heterocycles. The Labute approximate surface area is 281 Å². The third-order valence-corrected chi connectivity index (χ3v) is 10.2. The van der Waals surface area contributed by atoms with Gasteiger partial charge in [0.15, 0.2) is 5.82 Å². The Morgan fingerprint density at radius 1 is 0.617 bits per heavy atom. The summed E-state index contributed by atoms with van der Waals surface area (Å²) < 4.78 is 7.27. The predicted octanol–water partition coefficient (Wildman–Crippen LogP) is 10.4. The molecule has 7 rings (SSSR count). The van der Waals surface area contributed by atoms with Crippen LogP contribution in [0, 0.1) is 0 Å². The summed E-state index contributed by atoms with van der Waals surface area (Å²) in [6, 6.07) is 44.1. The molecule has 2 aliphatic rings. The van der Waals surface area contributed by atoms with E-state index in [2.05, 4.69) is 166 Å². The summed E-state index contributed by atoms with van der Waals surface area (Å²) in [5.74, 6) is 2.75. The first kappa shape index (κ1) is 30.9. The molecule has 2 aliphatic heterocycles. The van der Waals surface area contributed by atoms with Crippen LogP contribution in [0.4, 0.5) is 22.7 Å². The normalized spacial score (nSPS) is 15.0. The Bertz CT molecular complexity index is 1830. The first-order valence-electron chi connectivity index (χ1n) is 17.5. The van der Waals surface area contributed by atoms with Gasteiger partial charge in [-0.1, -0.05) is 125 Å². The molecule has 236 valence electrons. The highest BCUT2D eigenvalue weighted by molar-refractivity contribution is 6.92. The quantitative estimate of drug-likeness (QED) is 0.153. The Balaban J connectivity index is 1.62. The second-order valence-electron chi connectivity index (χ2n) is 13.1. The van der Waals surface area contributed by atoms with Gasteiger partial charge in [0.25, 0.3) is 6.71 Å². The lowest BCUT2D eigenvalue weighted by atomic mass is 9.35. The molecule has 0 radical (unpaired) electrons. The molecule has 0 aliphatic carbocycles. The molecule has 0 bridgehead atoms. The number of fused-ring (bicyclic) bond motifs is 2. The second kappa shape index (κ2) is 13.2. The monoisotopic (exact) mass is 616 g/mol. The van der Waals surface area contributed by atoms with E-state index in [-0.39, 0.29) is 6.71 Å². The summed E-state index contributed by atoms with van der Waals surface area (Å²) in [6.45, 7) is 11.7. The lowest BCUT2D eigenvalue weighted by Gasteiger charge is -2.46. The van der Waals surface area contributed by atoms with Crippen molar-refractivity contribution in [3.05, 3.63) is 149 Å². The molecule has 0 spiro atoms. The maximum absolute atomic E-state index is 7.27. The molecule has 3 nitrogen and oxygen atoms in total. The number of aryl methyl sites for hydroxylation is 1. The molecule has 0 N–H and O–H groups in total. The van der Waals surface area contributed by atoms with Crippen LogP contribution < -0.4 is 25.5 Å². The fourth-order valence-corrected chi connectivity index (χ4v) is 7.45. The van der Waals surface area contributed by atoms with Gasteiger partial charge in [-0.2, -0.15) is 0 Å². The number of benzene rings is 5. The molecule has 0 amide bonds. The fraction of sp³-hybridized carbons (Fsp3) is 0.256. The number of hydrogen-bond acceptors (Lipinski definition) is 3. The van der Waals surface area contributed by atoms with Crippen molar-refractivity contribution >= 4 is 40.4 Å². The van der Waals surface area contributed by atoms with Crippen molar-refractivity contribution < 1.29 is 4.74 Å². The van der Waals surface area contributed by atoms with Gasteiger partial charge in [0.05, 0.1) is 5.69 Å². The number of hydrogen-bond donors (Lipinski definition) is 0. The number of nitrogens with zero attached hydrogens (tertiary/aromatic N) is 2. The van der Waals surface area contributed by atoms with E-state index in [1.807, 2.05) is 0 Å². The Kier molecular flexibility index (Phi) is 8.69. The molecule has 2 heterocycles. The van der Waals surface area contributed by atoms with Crippen molar-refractivity contribution in [1.82, 2.24) is 0 Å². The van der Waals surface area contributed by atoms with Gasteiger partial charge in [0, 0.05) is 17.1 Å². The maximum atomic E-state index is 7.27. The molecule has 0 fully saturated rings. The molecule has 4 heteroatoms. The van der Waals surface area contributed by atoms with Crippen LogP contribution in [0.3, 0.4) is 0 Å². The van der Waals surface area contributed by atoms with Crippen molar-refractivity contribution in [2.24, 2.45) is 0 Å². The van der Waals surface area contributed by atoms with Crippen molar-refractivity contribution in [3.8, 4) is 5.75 Å². The molecule has 47 heavy (non-hydrogen) atoms. The number of rotatable bonds is 9. The van der Waals surface area contributed by atoms with E-state index in [1.54, 1.807) is 0 Å². The zero-order valence-corrected chi connectivity index (χ0v) is 28.4. The van der Waals surface area contributed by atoms with Crippen LogP contribution in [0.5, 0.6) is 5.75 Å². The zero-order valence-electron chi connectivity index (χ0n) is 28.4. The molecule has 0 saturated heterocycles. The number of anilines is 4. The minimum absolute atomic E-state index is 0.0793. The van der Waals surface area contributed by atoms with Gasteiger partial charge in [-0.05, 0) is 95.7 Å². The summed E-state index contributed by atoms with van der Waals surface area (Å²) in [7, 11) is 0. The van der Waals surface area contributed by atoms with Crippen LogP contribution in [0.15, 0.2) is 133 Å². The first-order valence-corrected chi connectivity index (χ1v) is 17.5. The second-order valence-corrected chi connectivity index (χ2v) is 13.1. The van der Waals surface area contributed by atoms with Gasteiger partial charge in [0.1, 0.15) is 11.4 Å². The highest BCUT2D eigenvalue weighted by atomic mass is 16.5. The van der Waals surface area contributed by atoms with E-state index < -0.39 is 0 Å². The molecule has 5 aromatic carbocycles. The Morgan fingerprint density at radius 3 is 1.70 bits per heavy atom. The minimum atomic E-state index is -0.0793. The highest BCUT2D eigenvalue weighted by Gasteiger charge is 2.46. The topological polar surface area (TPSA) is 15.7 Å². The van der Waals surface area contributed by atoms with Crippen LogP contribution in [0.2, 0.25) is 0 Å². The van der Waals surface area contributed by atoms with Gasteiger partial charge in [0.2, 0.25) is 0 Å². The molecule has 5 aromatic rings. The lowest BCUT2D eigenvalue weighted by Crippen LogP contribution is -2.57. The van der Waals surface area contributed by atoms with Crippen LogP contribution in [0.1, 0.15) is 82.4 Å². The summed E-state index contributed by atoms with van der Waals surface area (Å²) in [5.41, 5.74) is 12.5. The van der Waals surface area contributed by atoms with Crippen molar-refractivity contribution in [3.63, 3.8) is 0 Å². The van der Waals surface area contributed by atoms with Crippen LogP contribution in [0.25, 0.3) is 0 Å². The number of ether oxygens (including phenoxy) is 1. The van der Waals surface area contributed by atoms with E-state index in [9.17, 15) is 0 Å². The van der Waals surface area contributed by atoms with Crippen LogP contribution in [-0.4, -0.2) is 6.71 Å². The van der Waals surface area contributed by atoms with Crippen LogP contribution in [-0.2, 0) is 6.42 Å². The van der Waals surface area contributed by atoms with E-state index >= 15 is 0 Å². The zero-order chi connectivity index (χ0) is 32.5. The molecule has 2 unspecified atom stereocenters. The molecule has 0 saturated carbocycles. The fourth-order valence-electron chi connectivity index (χ4n) is 7.45. The summed E-state index contributed by atoms with van der Waals surface area (Å²) >= 11 is 0. The van der Waals surface area contributed by atoms with E-state index in [1.165, 1.54) is 33.3 Å². The van der Waals surface area contributed by atoms with Crippen LogP contribution >= 0.6 is 0 Å². The van der Waals surface area contributed by atoms with Crippen molar-refractivity contribution in [2.75, 3.05) is 9.80 Å². The molecule has 2 atom stereocenters. The van der Waals surface area contributed by atoms with Gasteiger partial charge >= 0.3 is 0 Å². The van der Waals surface area contributed by atoms with E-state index in [0.717, 1.165) is 60.0 Å². The molecular formula is C43H45BN2O. The average molecular weight is 617 g/mol. The highest BCUT2D eigenvalue weighted by Crippen LogP contribution is 2.48. The summed E-state index contributed by atoms with van der Waals surface area (Å²) in [4.78, 5) is 4.84. The van der Waals surface area contributed by atoms with Crippen molar-refractivity contribution in [1.29, 1.82) is 0 Å². The summed E-state index contributed by atoms with van der Waals surface area (Å²) in [6.07, 6.45) is 4.39. The van der Waals surface area contributed by atoms with E-state index in [4.69, 9.17) is 4.74 Å². The summed E-state index contributed by atoms with van der Waals surface area (Å²) in [5, 5.41) is 0. The third-order valence-electron chi connectivity index (χ3n) is 10.2. The van der Waals surface area contributed by atoms with Crippen molar-refractivity contribution in [2.45, 2.75) is 72.1 Å². The SMILES string of the molecule is CCCc1cc(C(C)CC)c(B2C3=C(N(c4ccccc4)c4ccccc4O3)N(c3ccccc3)c3ccccc32)c(C(C)CC)c1. The molecular weight excluding hydrogens is 571 g/mol. The van der Waals surface area contributed by atoms with Gasteiger partial charge in [-0.25, -0.2) is 0 Å². The predicted molar refractivity (Wildman–Crippen MR) is 201 cm³/mol. The number of para-hydroxylation sites is 5. The van der Waals surface area contributed by atoms with Gasteiger partial charge < -0.3 is 4.74 Å².